The number of amides is 1. The molecule has 2 aromatic rings. The summed E-state index contributed by atoms with van der Waals surface area (Å²) < 4.78 is 15.7. The highest BCUT2D eigenvalue weighted by Crippen LogP contribution is 2.33. The van der Waals surface area contributed by atoms with Gasteiger partial charge in [-0.3, -0.25) is 14.9 Å². The second-order valence-electron chi connectivity index (χ2n) is 8.23. The molecule has 1 amide bonds. The third-order valence-corrected chi connectivity index (χ3v) is 5.85. The summed E-state index contributed by atoms with van der Waals surface area (Å²) in [7, 11) is 2.95. The zero-order valence-corrected chi connectivity index (χ0v) is 19.7. The maximum atomic E-state index is 12.7. The van der Waals surface area contributed by atoms with Crippen molar-refractivity contribution in [2.75, 3.05) is 37.5 Å². The Morgan fingerprint density at radius 3 is 2.44 bits per heavy atom. The molecule has 34 heavy (non-hydrogen) atoms. The molecule has 1 heterocycles. The largest absolute Gasteiger partial charge is 0.497 e. The Morgan fingerprint density at radius 2 is 1.82 bits per heavy atom. The van der Waals surface area contributed by atoms with Crippen molar-refractivity contribution in [1.82, 2.24) is 0 Å². The summed E-state index contributed by atoms with van der Waals surface area (Å²) in [4.78, 5) is 38.4. The van der Waals surface area contributed by atoms with Crippen molar-refractivity contribution in [3.8, 4) is 11.5 Å². The molecule has 10 heteroatoms. The van der Waals surface area contributed by atoms with Crippen molar-refractivity contribution in [3.63, 3.8) is 0 Å². The molecule has 1 saturated heterocycles. The highest BCUT2D eigenvalue weighted by Gasteiger charge is 2.26. The maximum Gasteiger partial charge on any atom is 0.339 e. The Hall–Kier alpha value is -3.82. The number of carbonyl (C=O) groups is 2. The number of hydrogen-bond acceptors (Lipinski definition) is 8. The van der Waals surface area contributed by atoms with E-state index in [1.54, 1.807) is 24.3 Å². The molecule has 1 unspecified atom stereocenters. The number of benzene rings is 2. The second-order valence-corrected chi connectivity index (χ2v) is 8.23. The van der Waals surface area contributed by atoms with Gasteiger partial charge < -0.3 is 24.4 Å². The summed E-state index contributed by atoms with van der Waals surface area (Å²) in [5.74, 6) is 0.0760. The van der Waals surface area contributed by atoms with Gasteiger partial charge >= 0.3 is 5.97 Å². The number of nitrogens with one attached hydrogen (secondary N) is 1. The molecule has 0 aromatic heterocycles. The van der Waals surface area contributed by atoms with Gasteiger partial charge in [0, 0.05) is 25.2 Å². The summed E-state index contributed by atoms with van der Waals surface area (Å²) in [6.45, 7) is 5.01. The van der Waals surface area contributed by atoms with Crippen LogP contribution in [0.25, 0.3) is 0 Å². The van der Waals surface area contributed by atoms with Gasteiger partial charge in [-0.25, -0.2) is 4.79 Å². The Labute approximate surface area is 197 Å². The van der Waals surface area contributed by atoms with E-state index in [2.05, 4.69) is 12.2 Å². The lowest BCUT2D eigenvalue weighted by atomic mass is 9.98. The fourth-order valence-corrected chi connectivity index (χ4v) is 3.74. The Bertz CT molecular complexity index is 1060. The van der Waals surface area contributed by atoms with Gasteiger partial charge in [0.1, 0.15) is 17.2 Å². The van der Waals surface area contributed by atoms with Crippen LogP contribution in [-0.2, 0) is 9.53 Å². The first-order valence-corrected chi connectivity index (χ1v) is 11.0. The van der Waals surface area contributed by atoms with Gasteiger partial charge in [-0.1, -0.05) is 6.92 Å². The van der Waals surface area contributed by atoms with E-state index < -0.39 is 22.9 Å². The van der Waals surface area contributed by atoms with Crippen LogP contribution in [0.5, 0.6) is 11.5 Å². The average Bonchev–Trinajstić information content (AvgIpc) is 2.83. The molecule has 0 bridgehead atoms. The molecule has 182 valence electrons. The number of esters is 1. The van der Waals surface area contributed by atoms with Gasteiger partial charge in [-0.15, -0.1) is 0 Å². The van der Waals surface area contributed by atoms with Crippen LogP contribution in [0.1, 0.15) is 37.0 Å². The normalized spacial score (nSPS) is 14.8. The lowest BCUT2D eigenvalue weighted by Crippen LogP contribution is -2.33. The number of piperidine rings is 1. The minimum absolute atomic E-state index is 0.000520. The number of anilines is 2. The van der Waals surface area contributed by atoms with Gasteiger partial charge in [0.15, 0.2) is 6.10 Å². The molecule has 2 aromatic carbocycles. The Kier molecular flexibility index (Phi) is 7.93. The minimum atomic E-state index is -1.16. The summed E-state index contributed by atoms with van der Waals surface area (Å²) in [6.07, 6.45) is 0.739. The molecular weight excluding hydrogens is 442 g/mol. The molecule has 3 rings (SSSR count). The maximum absolute atomic E-state index is 12.7. The van der Waals surface area contributed by atoms with E-state index in [0.29, 0.717) is 28.8 Å². The van der Waals surface area contributed by atoms with E-state index in [4.69, 9.17) is 14.2 Å². The number of carbonyl (C=O) groups excluding carboxylic acids is 2. The first kappa shape index (κ1) is 24.8. The van der Waals surface area contributed by atoms with Gasteiger partial charge in [0.25, 0.3) is 11.6 Å². The lowest BCUT2D eigenvalue weighted by Gasteiger charge is -2.31. The summed E-state index contributed by atoms with van der Waals surface area (Å²) >= 11 is 0. The number of rotatable bonds is 8. The van der Waals surface area contributed by atoms with E-state index >= 15 is 0 Å². The third kappa shape index (κ3) is 5.75. The number of ether oxygens (including phenoxy) is 3. The predicted molar refractivity (Wildman–Crippen MR) is 127 cm³/mol. The van der Waals surface area contributed by atoms with E-state index in [1.807, 2.05) is 4.90 Å². The Morgan fingerprint density at radius 1 is 1.12 bits per heavy atom. The first-order chi connectivity index (χ1) is 16.2. The van der Waals surface area contributed by atoms with Crippen LogP contribution in [0.15, 0.2) is 36.4 Å². The standard InChI is InChI=1S/C24H29N3O7/c1-15-9-11-26(12-10-15)20-7-5-17(13-21(20)27(30)31)24(29)34-16(2)23(28)25-19-14-18(32-3)6-8-22(19)33-4/h5-8,13-16H,9-12H2,1-4H3,(H,25,28). The van der Waals surface area contributed by atoms with E-state index in [1.165, 1.54) is 33.3 Å². The quantitative estimate of drug-likeness (QED) is 0.348. The zero-order chi connectivity index (χ0) is 24.8. The summed E-state index contributed by atoms with van der Waals surface area (Å²) in [5.41, 5.74) is 0.664. The molecule has 1 atom stereocenters. The summed E-state index contributed by atoms with van der Waals surface area (Å²) in [6, 6.07) is 9.14. The Balaban J connectivity index is 1.71. The highest BCUT2D eigenvalue weighted by molar-refractivity contribution is 5.98. The van der Waals surface area contributed by atoms with Crippen LogP contribution in [0.4, 0.5) is 17.1 Å². The number of nitro benzene ring substituents is 1. The molecule has 10 nitrogen and oxygen atoms in total. The fourth-order valence-electron chi connectivity index (χ4n) is 3.74. The smallest absolute Gasteiger partial charge is 0.339 e. The zero-order valence-electron chi connectivity index (χ0n) is 19.7. The number of methoxy groups -OCH3 is 2. The van der Waals surface area contributed by atoms with Crippen LogP contribution in [-0.4, -0.2) is 50.2 Å². The van der Waals surface area contributed by atoms with Gasteiger partial charge in [0.2, 0.25) is 0 Å². The van der Waals surface area contributed by atoms with Crippen molar-refractivity contribution >= 4 is 28.9 Å². The molecule has 0 saturated carbocycles. The molecule has 0 spiro atoms. The summed E-state index contributed by atoms with van der Waals surface area (Å²) in [5, 5.41) is 14.3. The van der Waals surface area contributed by atoms with Crippen LogP contribution < -0.4 is 19.7 Å². The van der Waals surface area contributed by atoms with Crippen LogP contribution in [0.2, 0.25) is 0 Å². The second kappa shape index (κ2) is 10.9. The van der Waals surface area contributed by atoms with E-state index in [9.17, 15) is 19.7 Å². The molecule has 0 aliphatic carbocycles. The van der Waals surface area contributed by atoms with Crippen molar-refractivity contribution in [3.05, 3.63) is 52.1 Å². The van der Waals surface area contributed by atoms with Crippen molar-refractivity contribution in [1.29, 1.82) is 0 Å². The van der Waals surface area contributed by atoms with Crippen molar-refractivity contribution in [2.45, 2.75) is 32.8 Å². The molecular formula is C24H29N3O7. The van der Waals surface area contributed by atoms with E-state index in [-0.39, 0.29) is 11.3 Å². The highest BCUT2D eigenvalue weighted by atomic mass is 16.6. The van der Waals surface area contributed by atoms with Crippen molar-refractivity contribution in [2.24, 2.45) is 5.92 Å². The first-order valence-electron chi connectivity index (χ1n) is 11.0. The van der Waals surface area contributed by atoms with Crippen LogP contribution in [0, 0.1) is 16.0 Å². The molecule has 1 N–H and O–H groups in total. The minimum Gasteiger partial charge on any atom is -0.497 e. The number of hydrogen-bond donors (Lipinski definition) is 1. The monoisotopic (exact) mass is 471 g/mol. The molecule has 1 aliphatic heterocycles. The molecule has 0 radical (unpaired) electrons. The molecule has 1 fully saturated rings. The van der Waals surface area contributed by atoms with Crippen molar-refractivity contribution < 1.29 is 28.7 Å². The van der Waals surface area contributed by atoms with E-state index in [0.717, 1.165) is 25.9 Å². The number of nitro groups is 1. The lowest BCUT2D eigenvalue weighted by molar-refractivity contribution is -0.384. The fraction of sp³-hybridized carbons (Fsp3) is 0.417. The SMILES string of the molecule is COc1ccc(OC)c(NC(=O)C(C)OC(=O)c2ccc(N3CCC(C)CC3)c([N+](=O)[O-])c2)c1. The van der Waals surface area contributed by atoms with Crippen LogP contribution >= 0.6 is 0 Å². The van der Waals surface area contributed by atoms with Gasteiger partial charge in [-0.05, 0) is 49.9 Å². The van der Waals surface area contributed by atoms with Crippen LogP contribution in [0.3, 0.4) is 0 Å². The predicted octanol–water partition coefficient (Wildman–Crippen LogP) is 4.03. The van der Waals surface area contributed by atoms with Gasteiger partial charge in [-0.2, -0.15) is 0 Å². The number of nitrogens with zero attached hydrogens (tertiary/aromatic N) is 2. The third-order valence-electron chi connectivity index (χ3n) is 5.85. The topological polar surface area (TPSA) is 120 Å². The molecule has 1 aliphatic rings. The average molecular weight is 472 g/mol. The van der Waals surface area contributed by atoms with Gasteiger partial charge in [0.05, 0.1) is 30.4 Å².